The van der Waals surface area contributed by atoms with E-state index in [2.05, 4.69) is 0 Å². The third-order valence-electron chi connectivity index (χ3n) is 1.32. The topological polar surface area (TPSA) is 58.6 Å². The lowest BCUT2D eigenvalue weighted by Crippen LogP contribution is -2.43. The van der Waals surface area contributed by atoms with E-state index in [1.54, 1.807) is 5.43 Å². The molecule has 0 aromatic rings. The van der Waals surface area contributed by atoms with Gasteiger partial charge in [0.1, 0.15) is 0 Å². The van der Waals surface area contributed by atoms with Crippen LogP contribution >= 0.6 is 0 Å². The molecular weight excluding hydrogens is 189 g/mol. The predicted molar refractivity (Wildman–Crippen MR) is 40.2 cm³/mol. The number of rotatable bonds is 6. The molecule has 4 nitrogen and oxygen atoms in total. The summed E-state index contributed by atoms with van der Waals surface area (Å²) in [4.78, 5) is 0. The van der Waals surface area contributed by atoms with E-state index in [0.717, 1.165) is 0 Å². The van der Waals surface area contributed by atoms with Gasteiger partial charge in [-0.1, -0.05) is 0 Å². The Morgan fingerprint density at radius 2 is 1.85 bits per heavy atom. The highest BCUT2D eigenvalue weighted by Gasteiger charge is 2.29. The Labute approximate surface area is 73.9 Å². The van der Waals surface area contributed by atoms with Crippen molar-refractivity contribution in [3.8, 4) is 0 Å². The zero-order valence-electron chi connectivity index (χ0n) is 6.97. The van der Waals surface area contributed by atoms with Crippen LogP contribution in [-0.4, -0.2) is 29.7 Å². The predicted octanol–water partition coefficient (Wildman–Crippen LogP) is 0.973. The van der Waals surface area contributed by atoms with Gasteiger partial charge >= 0.3 is 6.30 Å². The van der Waals surface area contributed by atoms with Gasteiger partial charge in [-0.15, -0.1) is 0 Å². The van der Waals surface area contributed by atoms with Crippen LogP contribution in [0.1, 0.15) is 19.3 Å². The monoisotopic (exact) mass is 201 g/mol. The number of aliphatic hydroxyl groups excluding tert-OH is 1. The van der Waals surface area contributed by atoms with E-state index in [0.29, 0.717) is 19.3 Å². The lowest BCUT2D eigenvalue weighted by molar-refractivity contribution is -0.244. The molecule has 0 aromatic heterocycles. The van der Waals surface area contributed by atoms with Gasteiger partial charge in [-0.2, -0.15) is 13.2 Å². The fourth-order valence-corrected chi connectivity index (χ4v) is 0.684. The first-order valence-corrected chi connectivity index (χ1v) is 3.87. The number of hydrogen-bond acceptors (Lipinski definition) is 4. The fourth-order valence-electron chi connectivity index (χ4n) is 0.684. The van der Waals surface area contributed by atoms with Gasteiger partial charge in [0, 0.05) is 13.2 Å². The summed E-state index contributed by atoms with van der Waals surface area (Å²) in [6.07, 6.45) is -3.33. The van der Waals surface area contributed by atoms with Gasteiger partial charge in [-0.25, -0.2) is 5.17 Å². The van der Waals surface area contributed by atoms with Gasteiger partial charge in [0.25, 0.3) is 0 Å². The molecule has 0 aliphatic heterocycles. The van der Waals surface area contributed by atoms with Crippen molar-refractivity contribution in [2.75, 3.05) is 13.2 Å². The molecule has 2 N–H and O–H groups in total. The quantitative estimate of drug-likeness (QED) is 0.382. The normalized spacial score (nSPS) is 12.5. The van der Waals surface area contributed by atoms with Crippen molar-refractivity contribution in [2.45, 2.75) is 25.6 Å². The van der Waals surface area contributed by atoms with Crippen LogP contribution in [0.4, 0.5) is 13.2 Å². The minimum absolute atomic E-state index is 0.0142. The number of hydrogen-bond donors (Lipinski definition) is 2. The number of nitrogens with zero attached hydrogens (tertiary/aromatic N) is 1. The second kappa shape index (κ2) is 6.14. The molecule has 0 aromatic carbocycles. The third kappa shape index (κ3) is 6.76. The number of unbranched alkanes of at least 4 members (excludes halogenated alkanes) is 2. The second-order valence-electron chi connectivity index (χ2n) is 2.45. The van der Waals surface area contributed by atoms with E-state index < -0.39 is 11.5 Å². The maximum Gasteiger partial charge on any atom is 0.461 e. The van der Waals surface area contributed by atoms with Gasteiger partial charge in [-0.05, 0) is 19.3 Å². The van der Waals surface area contributed by atoms with Crippen molar-refractivity contribution in [1.82, 2.24) is 10.6 Å². The summed E-state index contributed by atoms with van der Waals surface area (Å²) >= 11 is 0. The first-order chi connectivity index (χ1) is 5.98. The zero-order chi connectivity index (χ0) is 10.3. The molecule has 0 amide bonds. The molecule has 0 aliphatic rings. The highest BCUT2D eigenvalue weighted by Crippen LogP contribution is 2.16. The van der Waals surface area contributed by atoms with E-state index in [1.165, 1.54) is 0 Å². The Morgan fingerprint density at radius 1 is 1.23 bits per heavy atom. The van der Waals surface area contributed by atoms with Gasteiger partial charge in [0.15, 0.2) is 0 Å². The molecule has 0 unspecified atom stereocenters. The van der Waals surface area contributed by atoms with Crippen LogP contribution in [0.25, 0.3) is 0 Å². The SMILES string of the molecule is [O-]N(NCCCCCO)C(F)(F)F. The molecule has 0 radical (unpaired) electrons. The van der Waals surface area contributed by atoms with E-state index >= 15 is 0 Å². The molecule has 0 rings (SSSR count). The van der Waals surface area contributed by atoms with Crippen LogP contribution in [0, 0.1) is 5.21 Å². The Morgan fingerprint density at radius 3 is 2.31 bits per heavy atom. The van der Waals surface area contributed by atoms with E-state index in [4.69, 9.17) is 5.11 Å². The molecule has 0 saturated carbocycles. The standard InChI is InChI=1S/C6H12F3N2O2/c7-6(8,9)11(13)10-4-2-1-3-5-12/h10,12H,1-5H2/q-1. The molecule has 13 heavy (non-hydrogen) atoms. The van der Waals surface area contributed by atoms with Gasteiger partial charge in [0.2, 0.25) is 0 Å². The number of hydroxylamine groups is 1. The maximum atomic E-state index is 11.5. The summed E-state index contributed by atoms with van der Waals surface area (Å²) < 4.78 is 34.6. The second-order valence-corrected chi connectivity index (χ2v) is 2.45. The Bertz CT molecular complexity index is 132. The first-order valence-electron chi connectivity index (χ1n) is 3.87. The van der Waals surface area contributed by atoms with Crippen molar-refractivity contribution in [3.05, 3.63) is 5.21 Å². The number of alkyl halides is 3. The van der Waals surface area contributed by atoms with Crippen LogP contribution in [0.2, 0.25) is 0 Å². The van der Waals surface area contributed by atoms with Gasteiger partial charge in [-0.3, -0.25) is 5.43 Å². The number of aliphatic hydroxyl groups is 1. The summed E-state index contributed by atoms with van der Waals surface area (Å²) in [7, 11) is 0. The van der Waals surface area contributed by atoms with Crippen LogP contribution in [0.3, 0.4) is 0 Å². The molecule has 0 aliphatic carbocycles. The number of hydrazine groups is 1. The average Bonchev–Trinajstić information content (AvgIpc) is 2.02. The summed E-state index contributed by atoms with van der Waals surface area (Å²) in [6, 6.07) is 0. The van der Waals surface area contributed by atoms with Crippen molar-refractivity contribution in [1.29, 1.82) is 0 Å². The summed E-state index contributed by atoms with van der Waals surface area (Å²) in [5, 5.41) is 17.3. The number of halogens is 3. The summed E-state index contributed by atoms with van der Waals surface area (Å²) in [5.41, 5.74) is 1.65. The Hall–Kier alpha value is -0.370. The first kappa shape index (κ1) is 12.6. The summed E-state index contributed by atoms with van der Waals surface area (Å²) in [6.45, 7) is -0.0244. The lowest BCUT2D eigenvalue weighted by atomic mass is 10.2. The molecule has 0 spiro atoms. The van der Waals surface area contributed by atoms with E-state index in [1.807, 2.05) is 0 Å². The zero-order valence-corrected chi connectivity index (χ0v) is 6.97. The average molecular weight is 201 g/mol. The minimum Gasteiger partial charge on any atom is -0.765 e. The van der Waals surface area contributed by atoms with Crippen molar-refractivity contribution in [2.24, 2.45) is 0 Å². The third-order valence-corrected chi connectivity index (χ3v) is 1.32. The Balaban J connectivity index is 3.32. The van der Waals surface area contributed by atoms with E-state index in [9.17, 15) is 18.4 Å². The number of nitrogens with one attached hydrogen (secondary N) is 1. The van der Waals surface area contributed by atoms with Crippen molar-refractivity contribution < 1.29 is 18.3 Å². The maximum absolute atomic E-state index is 11.5. The van der Waals surface area contributed by atoms with Crippen LogP contribution in [-0.2, 0) is 0 Å². The van der Waals surface area contributed by atoms with E-state index in [-0.39, 0.29) is 13.2 Å². The lowest BCUT2D eigenvalue weighted by Gasteiger charge is -2.30. The van der Waals surface area contributed by atoms with Gasteiger partial charge in [0.05, 0.1) is 0 Å². The van der Waals surface area contributed by atoms with Crippen LogP contribution in [0.5, 0.6) is 0 Å². The highest BCUT2D eigenvalue weighted by atomic mass is 19.4. The largest absolute Gasteiger partial charge is 0.765 e. The molecule has 0 heterocycles. The Kier molecular flexibility index (Phi) is 5.97. The molecule has 80 valence electrons. The van der Waals surface area contributed by atoms with Crippen LogP contribution in [0.15, 0.2) is 0 Å². The summed E-state index contributed by atoms with van der Waals surface area (Å²) in [5.74, 6) is 0. The smallest absolute Gasteiger partial charge is 0.461 e. The molecule has 0 atom stereocenters. The van der Waals surface area contributed by atoms with Crippen molar-refractivity contribution >= 4 is 0 Å². The van der Waals surface area contributed by atoms with Crippen LogP contribution < -0.4 is 5.43 Å². The van der Waals surface area contributed by atoms with Crippen molar-refractivity contribution in [3.63, 3.8) is 0 Å². The molecule has 0 saturated heterocycles. The molecule has 0 fully saturated rings. The fraction of sp³-hybridized carbons (Fsp3) is 1.00. The van der Waals surface area contributed by atoms with Gasteiger partial charge < -0.3 is 10.3 Å². The minimum atomic E-state index is -4.88. The molecular formula is C6H12F3N2O2-. The molecule has 7 heteroatoms. The highest BCUT2D eigenvalue weighted by molar-refractivity contribution is 4.54. The molecule has 0 bridgehead atoms.